The fraction of sp³-hybridized carbons (Fsp3) is 0.421. The number of fused-ring (bicyclic) bond motifs is 1. The number of thioether (sulfide) groups is 1. The number of nitrogens with zero attached hydrogens (tertiary/aromatic N) is 4. The van der Waals surface area contributed by atoms with E-state index in [1.54, 1.807) is 11.8 Å². The van der Waals surface area contributed by atoms with Gasteiger partial charge in [-0.2, -0.15) is 10.1 Å². The number of ether oxygens (including phenoxy) is 1. The predicted octanol–water partition coefficient (Wildman–Crippen LogP) is 2.98. The van der Waals surface area contributed by atoms with Gasteiger partial charge in [0.15, 0.2) is 5.82 Å². The van der Waals surface area contributed by atoms with E-state index >= 15 is 0 Å². The van der Waals surface area contributed by atoms with Crippen LogP contribution in [0.1, 0.15) is 13.3 Å². The summed E-state index contributed by atoms with van der Waals surface area (Å²) in [4.78, 5) is 12.8. The normalized spacial score (nSPS) is 17.2. The summed E-state index contributed by atoms with van der Waals surface area (Å²) < 4.78 is 5.65. The van der Waals surface area contributed by atoms with Crippen LogP contribution in [0.15, 0.2) is 23.1 Å². The lowest BCUT2D eigenvalue weighted by Crippen LogP contribution is -2.45. The number of aromatic nitrogens is 4. The highest BCUT2D eigenvalue weighted by molar-refractivity contribution is 7.98. The standard InChI is InChI=1S/C19H25N7OS/c1-4-12-10-27-6-5-26(12)16-9-13(22-19(21-2)23-16)11-7-14-17(15(8-11)28-3)18(20)25-24-14/h7-9,12H,4-6,10H2,1-3H3,(H3,20,24,25)(H,21,22,23). The Morgan fingerprint density at radius 1 is 1.36 bits per heavy atom. The van der Waals surface area contributed by atoms with Crippen LogP contribution in [0, 0.1) is 0 Å². The maximum atomic E-state index is 6.03. The smallest absolute Gasteiger partial charge is 0.224 e. The van der Waals surface area contributed by atoms with Gasteiger partial charge in [-0.25, -0.2) is 4.98 Å². The molecule has 1 aliphatic heterocycles. The molecule has 0 amide bonds. The van der Waals surface area contributed by atoms with Crippen LogP contribution in [0.4, 0.5) is 17.6 Å². The Balaban J connectivity index is 1.82. The molecule has 28 heavy (non-hydrogen) atoms. The number of hydrogen-bond donors (Lipinski definition) is 3. The Morgan fingerprint density at radius 3 is 2.96 bits per heavy atom. The van der Waals surface area contributed by atoms with E-state index in [4.69, 9.17) is 20.4 Å². The van der Waals surface area contributed by atoms with E-state index in [0.717, 1.165) is 52.4 Å². The van der Waals surface area contributed by atoms with Crippen molar-refractivity contribution < 1.29 is 4.74 Å². The first-order chi connectivity index (χ1) is 13.6. The molecule has 1 aliphatic rings. The Hall–Kier alpha value is -2.52. The van der Waals surface area contributed by atoms with E-state index in [1.165, 1.54) is 0 Å². The summed E-state index contributed by atoms with van der Waals surface area (Å²) in [6, 6.07) is 6.53. The lowest BCUT2D eigenvalue weighted by atomic mass is 10.1. The second-order valence-corrected chi connectivity index (χ2v) is 7.57. The molecule has 0 saturated carbocycles. The first-order valence-electron chi connectivity index (χ1n) is 9.37. The molecule has 3 aromatic rings. The van der Waals surface area contributed by atoms with Crippen LogP contribution in [-0.2, 0) is 4.74 Å². The molecule has 148 valence electrons. The molecule has 2 aromatic heterocycles. The highest BCUT2D eigenvalue weighted by atomic mass is 32.2. The maximum Gasteiger partial charge on any atom is 0.224 e. The van der Waals surface area contributed by atoms with Crippen molar-refractivity contribution in [3.63, 3.8) is 0 Å². The quantitative estimate of drug-likeness (QED) is 0.563. The topological polar surface area (TPSA) is 105 Å². The van der Waals surface area contributed by atoms with Crippen LogP contribution in [0.5, 0.6) is 0 Å². The molecular formula is C19H25N7OS. The number of nitrogens with two attached hydrogens (primary N) is 1. The molecule has 3 heterocycles. The third-order valence-corrected chi connectivity index (χ3v) is 5.86. The molecule has 8 nitrogen and oxygen atoms in total. The number of nitrogen functional groups attached to an aromatic ring is 1. The molecule has 0 aliphatic carbocycles. The van der Waals surface area contributed by atoms with E-state index in [0.29, 0.717) is 24.4 Å². The van der Waals surface area contributed by atoms with Gasteiger partial charge in [-0.3, -0.25) is 5.10 Å². The average Bonchev–Trinajstić information content (AvgIpc) is 3.13. The van der Waals surface area contributed by atoms with Crippen molar-refractivity contribution >= 4 is 40.2 Å². The van der Waals surface area contributed by atoms with E-state index in [2.05, 4.69) is 39.5 Å². The Labute approximate surface area is 168 Å². The van der Waals surface area contributed by atoms with Crippen LogP contribution < -0.4 is 16.0 Å². The van der Waals surface area contributed by atoms with Gasteiger partial charge in [-0.05, 0) is 24.8 Å². The number of hydrogen-bond acceptors (Lipinski definition) is 8. The van der Waals surface area contributed by atoms with Crippen molar-refractivity contribution in [3.8, 4) is 11.3 Å². The summed E-state index contributed by atoms with van der Waals surface area (Å²) in [5, 5.41) is 11.2. The number of nitrogens with one attached hydrogen (secondary N) is 2. The molecule has 4 N–H and O–H groups in total. The molecule has 1 unspecified atom stereocenters. The second-order valence-electron chi connectivity index (χ2n) is 6.73. The van der Waals surface area contributed by atoms with Gasteiger partial charge in [-0.1, -0.05) is 6.92 Å². The van der Waals surface area contributed by atoms with Crippen LogP contribution in [0.2, 0.25) is 0 Å². The van der Waals surface area contributed by atoms with E-state index in [9.17, 15) is 0 Å². The maximum absolute atomic E-state index is 6.03. The van der Waals surface area contributed by atoms with Crippen molar-refractivity contribution in [1.29, 1.82) is 0 Å². The van der Waals surface area contributed by atoms with Crippen molar-refractivity contribution in [2.75, 3.05) is 49.0 Å². The summed E-state index contributed by atoms with van der Waals surface area (Å²) in [6.07, 6.45) is 3.04. The number of morpholine rings is 1. The van der Waals surface area contributed by atoms with Crippen LogP contribution in [-0.4, -0.2) is 59.3 Å². The second kappa shape index (κ2) is 7.84. The summed E-state index contributed by atoms with van der Waals surface area (Å²) >= 11 is 1.65. The molecule has 1 saturated heterocycles. The zero-order valence-electron chi connectivity index (χ0n) is 16.3. The predicted molar refractivity (Wildman–Crippen MR) is 115 cm³/mol. The number of anilines is 3. The van der Waals surface area contributed by atoms with Gasteiger partial charge in [0.05, 0.1) is 35.9 Å². The minimum Gasteiger partial charge on any atom is -0.382 e. The van der Waals surface area contributed by atoms with Gasteiger partial charge in [0.1, 0.15) is 5.82 Å². The monoisotopic (exact) mass is 399 g/mol. The van der Waals surface area contributed by atoms with Crippen molar-refractivity contribution in [2.24, 2.45) is 0 Å². The van der Waals surface area contributed by atoms with Crippen LogP contribution >= 0.6 is 11.8 Å². The SMILES string of the molecule is CCC1COCCN1c1cc(-c2cc(SC)c3c(N)n[nH]c3c2)nc(NC)n1. The molecule has 9 heteroatoms. The van der Waals surface area contributed by atoms with Crippen molar-refractivity contribution in [3.05, 3.63) is 18.2 Å². The molecule has 1 atom stereocenters. The first kappa shape index (κ1) is 18.8. The lowest BCUT2D eigenvalue weighted by Gasteiger charge is -2.36. The third-order valence-electron chi connectivity index (χ3n) is 5.10. The molecule has 4 rings (SSSR count). The highest BCUT2D eigenvalue weighted by Gasteiger charge is 2.24. The number of benzene rings is 1. The van der Waals surface area contributed by atoms with Crippen LogP contribution in [0.3, 0.4) is 0 Å². The minimum atomic E-state index is 0.317. The molecule has 1 aromatic carbocycles. The fourth-order valence-corrected chi connectivity index (χ4v) is 4.25. The third kappa shape index (κ3) is 3.35. The summed E-state index contributed by atoms with van der Waals surface area (Å²) in [5.41, 5.74) is 8.80. The Morgan fingerprint density at radius 2 is 2.21 bits per heavy atom. The van der Waals surface area contributed by atoms with Gasteiger partial charge >= 0.3 is 0 Å². The lowest BCUT2D eigenvalue weighted by molar-refractivity contribution is 0.0926. The van der Waals surface area contributed by atoms with Gasteiger partial charge in [0, 0.05) is 30.1 Å². The van der Waals surface area contributed by atoms with Crippen LogP contribution in [0.25, 0.3) is 22.2 Å². The Kier molecular flexibility index (Phi) is 5.27. The summed E-state index contributed by atoms with van der Waals surface area (Å²) in [7, 11) is 1.84. The van der Waals surface area contributed by atoms with Crippen molar-refractivity contribution in [2.45, 2.75) is 24.3 Å². The number of rotatable bonds is 5. The Bertz CT molecular complexity index is 990. The molecule has 0 radical (unpaired) electrons. The highest BCUT2D eigenvalue weighted by Crippen LogP contribution is 2.35. The summed E-state index contributed by atoms with van der Waals surface area (Å²) in [6.45, 7) is 4.43. The largest absolute Gasteiger partial charge is 0.382 e. The number of H-pyrrole nitrogens is 1. The molecule has 0 bridgehead atoms. The zero-order chi connectivity index (χ0) is 19.7. The minimum absolute atomic E-state index is 0.317. The molecular weight excluding hydrogens is 374 g/mol. The average molecular weight is 400 g/mol. The number of aromatic amines is 1. The van der Waals surface area contributed by atoms with E-state index in [1.807, 2.05) is 19.4 Å². The first-order valence-corrected chi connectivity index (χ1v) is 10.6. The van der Waals surface area contributed by atoms with Gasteiger partial charge in [0.2, 0.25) is 5.95 Å². The molecule has 1 fully saturated rings. The molecule has 0 spiro atoms. The van der Waals surface area contributed by atoms with Crippen molar-refractivity contribution in [1.82, 2.24) is 20.2 Å². The summed E-state index contributed by atoms with van der Waals surface area (Å²) in [5.74, 6) is 2.03. The van der Waals surface area contributed by atoms with E-state index in [-0.39, 0.29) is 0 Å². The fourth-order valence-electron chi connectivity index (χ4n) is 3.59. The van der Waals surface area contributed by atoms with Gasteiger partial charge in [0.25, 0.3) is 0 Å². The van der Waals surface area contributed by atoms with E-state index < -0.39 is 0 Å². The zero-order valence-corrected chi connectivity index (χ0v) is 17.1. The van der Waals surface area contributed by atoms with Gasteiger partial charge < -0.3 is 20.7 Å². The van der Waals surface area contributed by atoms with Gasteiger partial charge in [-0.15, -0.1) is 11.8 Å².